The van der Waals surface area contributed by atoms with Crippen molar-refractivity contribution in [1.82, 2.24) is 4.57 Å². The molecule has 0 N–H and O–H groups in total. The minimum Gasteiger partial charge on any atom is -0.338 e. The van der Waals surface area contributed by atoms with Crippen molar-refractivity contribution in [1.29, 1.82) is 0 Å². The summed E-state index contributed by atoms with van der Waals surface area (Å²) < 4.78 is 15.6. The number of halogens is 1. The Kier molecular flexibility index (Phi) is 4.34. The van der Waals surface area contributed by atoms with E-state index in [9.17, 15) is 9.18 Å². The molecule has 3 aromatic rings. The van der Waals surface area contributed by atoms with Crippen LogP contribution in [-0.4, -0.2) is 10.9 Å². The van der Waals surface area contributed by atoms with Crippen LogP contribution in [0.25, 0.3) is 28.1 Å². The summed E-state index contributed by atoms with van der Waals surface area (Å²) in [4.78, 5) is 10.9. The van der Waals surface area contributed by atoms with Gasteiger partial charge in [-0.1, -0.05) is 24.3 Å². The van der Waals surface area contributed by atoms with E-state index in [-0.39, 0.29) is 11.9 Å². The normalized spacial score (nSPS) is 11.7. The molecule has 122 valence electrons. The molecule has 1 aromatic heterocycles. The SMILES string of the molecule is Cc1ccc2c(-c3ccc(F)cc3)c(/C=C/C=O)n(C(C)C)c2c1. The number of hydrogen-bond donors (Lipinski definition) is 0. The Balaban J connectivity index is 2.43. The number of benzene rings is 2. The molecular weight excluding hydrogens is 301 g/mol. The Labute approximate surface area is 141 Å². The topological polar surface area (TPSA) is 22.0 Å². The van der Waals surface area contributed by atoms with Gasteiger partial charge >= 0.3 is 0 Å². The molecule has 0 aliphatic carbocycles. The number of allylic oxidation sites excluding steroid dienone is 1. The maximum atomic E-state index is 13.3. The number of aryl methyl sites for hydroxylation is 1. The third-order valence-electron chi connectivity index (χ3n) is 4.18. The molecule has 2 aromatic carbocycles. The van der Waals surface area contributed by atoms with Crippen LogP contribution < -0.4 is 0 Å². The quantitative estimate of drug-likeness (QED) is 0.456. The summed E-state index contributed by atoms with van der Waals surface area (Å²) in [6, 6.07) is 13.1. The van der Waals surface area contributed by atoms with Crippen LogP contribution in [0.15, 0.2) is 48.5 Å². The number of aldehydes is 1. The van der Waals surface area contributed by atoms with Gasteiger partial charge in [0.2, 0.25) is 0 Å². The van der Waals surface area contributed by atoms with Gasteiger partial charge in [0, 0.05) is 22.5 Å². The molecule has 0 unspecified atom stereocenters. The molecule has 0 radical (unpaired) electrons. The lowest BCUT2D eigenvalue weighted by Gasteiger charge is -2.13. The van der Waals surface area contributed by atoms with Gasteiger partial charge in [0.1, 0.15) is 12.1 Å². The van der Waals surface area contributed by atoms with Crippen LogP contribution >= 0.6 is 0 Å². The third-order valence-corrected chi connectivity index (χ3v) is 4.18. The highest BCUT2D eigenvalue weighted by atomic mass is 19.1. The number of rotatable bonds is 4. The van der Waals surface area contributed by atoms with E-state index < -0.39 is 0 Å². The number of fused-ring (bicyclic) bond motifs is 1. The Bertz CT molecular complexity index is 917. The zero-order chi connectivity index (χ0) is 17.3. The predicted molar refractivity (Wildman–Crippen MR) is 97.6 cm³/mol. The van der Waals surface area contributed by atoms with Gasteiger partial charge in [0.15, 0.2) is 0 Å². The largest absolute Gasteiger partial charge is 0.338 e. The van der Waals surface area contributed by atoms with Crippen molar-refractivity contribution < 1.29 is 9.18 Å². The second-order valence-electron chi connectivity index (χ2n) is 6.25. The third kappa shape index (κ3) is 2.78. The van der Waals surface area contributed by atoms with Crippen LogP contribution in [0.1, 0.15) is 31.1 Å². The first-order valence-electron chi connectivity index (χ1n) is 8.05. The average Bonchev–Trinajstić information content (AvgIpc) is 2.87. The maximum absolute atomic E-state index is 13.3. The monoisotopic (exact) mass is 321 g/mol. The van der Waals surface area contributed by atoms with Crippen LogP contribution in [0, 0.1) is 12.7 Å². The molecule has 1 heterocycles. The first-order valence-corrected chi connectivity index (χ1v) is 8.05. The molecule has 0 bridgehead atoms. The van der Waals surface area contributed by atoms with Crippen molar-refractivity contribution in [2.24, 2.45) is 0 Å². The zero-order valence-corrected chi connectivity index (χ0v) is 14.1. The molecule has 2 nitrogen and oxygen atoms in total. The van der Waals surface area contributed by atoms with E-state index in [0.29, 0.717) is 0 Å². The fraction of sp³-hybridized carbons (Fsp3) is 0.190. The number of nitrogens with zero attached hydrogens (tertiary/aromatic N) is 1. The second-order valence-corrected chi connectivity index (χ2v) is 6.25. The van der Waals surface area contributed by atoms with Crippen molar-refractivity contribution in [3.63, 3.8) is 0 Å². The second kappa shape index (κ2) is 6.44. The molecule has 0 atom stereocenters. The van der Waals surface area contributed by atoms with Crippen molar-refractivity contribution in [2.75, 3.05) is 0 Å². The smallest absolute Gasteiger partial charge is 0.142 e. The maximum Gasteiger partial charge on any atom is 0.142 e. The fourth-order valence-corrected chi connectivity index (χ4v) is 3.21. The van der Waals surface area contributed by atoms with E-state index in [1.165, 1.54) is 23.8 Å². The fourth-order valence-electron chi connectivity index (χ4n) is 3.21. The summed E-state index contributed by atoms with van der Waals surface area (Å²) in [6.45, 7) is 6.30. The molecule has 0 fully saturated rings. The van der Waals surface area contributed by atoms with Crippen LogP contribution in [-0.2, 0) is 4.79 Å². The van der Waals surface area contributed by atoms with E-state index in [1.807, 2.05) is 6.08 Å². The van der Waals surface area contributed by atoms with E-state index in [1.54, 1.807) is 12.1 Å². The summed E-state index contributed by atoms with van der Waals surface area (Å²) in [7, 11) is 0. The van der Waals surface area contributed by atoms with E-state index in [4.69, 9.17) is 0 Å². The minimum atomic E-state index is -0.257. The Morgan fingerprint density at radius 2 is 1.79 bits per heavy atom. The van der Waals surface area contributed by atoms with Gasteiger partial charge in [-0.25, -0.2) is 4.39 Å². The summed E-state index contributed by atoms with van der Waals surface area (Å²) in [5.41, 5.74) is 5.23. The van der Waals surface area contributed by atoms with Gasteiger partial charge in [-0.2, -0.15) is 0 Å². The molecule has 3 rings (SSSR count). The average molecular weight is 321 g/mol. The number of hydrogen-bond acceptors (Lipinski definition) is 1. The Morgan fingerprint density at radius 1 is 1.08 bits per heavy atom. The molecule has 0 aliphatic rings. The lowest BCUT2D eigenvalue weighted by molar-refractivity contribution is -0.104. The first-order chi connectivity index (χ1) is 11.5. The van der Waals surface area contributed by atoms with Crippen LogP contribution in [0.4, 0.5) is 4.39 Å². The summed E-state index contributed by atoms with van der Waals surface area (Å²) in [6.07, 6.45) is 4.12. The molecule has 0 saturated heterocycles. The molecule has 3 heteroatoms. The first kappa shape index (κ1) is 16.2. The number of carbonyl (C=O) groups is 1. The van der Waals surface area contributed by atoms with Gasteiger partial charge in [-0.05, 0) is 62.2 Å². The van der Waals surface area contributed by atoms with Gasteiger partial charge < -0.3 is 4.57 Å². The Hall–Kier alpha value is -2.68. The van der Waals surface area contributed by atoms with E-state index >= 15 is 0 Å². The van der Waals surface area contributed by atoms with Crippen molar-refractivity contribution in [3.05, 3.63) is 65.6 Å². The van der Waals surface area contributed by atoms with Gasteiger partial charge in [0.05, 0.1) is 5.69 Å². The van der Waals surface area contributed by atoms with Crippen molar-refractivity contribution in [3.8, 4) is 11.1 Å². The molecule has 0 saturated carbocycles. The summed E-state index contributed by atoms with van der Waals surface area (Å²) in [5.74, 6) is -0.257. The molecule has 0 aliphatic heterocycles. The van der Waals surface area contributed by atoms with E-state index in [0.717, 1.165) is 34.0 Å². The van der Waals surface area contributed by atoms with Crippen LogP contribution in [0.3, 0.4) is 0 Å². The highest BCUT2D eigenvalue weighted by molar-refractivity contribution is 6.01. The molecule has 24 heavy (non-hydrogen) atoms. The number of aromatic nitrogens is 1. The van der Waals surface area contributed by atoms with Gasteiger partial charge in [-0.3, -0.25) is 4.79 Å². The van der Waals surface area contributed by atoms with Crippen molar-refractivity contribution >= 4 is 23.3 Å². The van der Waals surface area contributed by atoms with Gasteiger partial charge in [-0.15, -0.1) is 0 Å². The minimum absolute atomic E-state index is 0.231. The lowest BCUT2D eigenvalue weighted by Crippen LogP contribution is -2.03. The summed E-state index contributed by atoms with van der Waals surface area (Å²) >= 11 is 0. The van der Waals surface area contributed by atoms with E-state index in [2.05, 4.69) is 43.5 Å². The molecule has 0 spiro atoms. The number of carbonyl (C=O) groups excluding carboxylic acids is 1. The van der Waals surface area contributed by atoms with Crippen molar-refractivity contribution in [2.45, 2.75) is 26.8 Å². The highest BCUT2D eigenvalue weighted by Crippen LogP contribution is 2.38. The summed E-state index contributed by atoms with van der Waals surface area (Å²) in [5, 5.41) is 1.10. The Morgan fingerprint density at radius 3 is 2.42 bits per heavy atom. The van der Waals surface area contributed by atoms with Crippen LogP contribution in [0.5, 0.6) is 0 Å². The molecular formula is C21H20FNO. The standard InChI is InChI=1S/C21H20FNO/c1-14(2)23-19(5-4-12-24)21(16-7-9-17(22)10-8-16)18-11-6-15(3)13-20(18)23/h4-14H,1-3H3/b5-4+. The highest BCUT2D eigenvalue weighted by Gasteiger charge is 2.18. The predicted octanol–water partition coefficient (Wildman–Crippen LogP) is 5.55. The zero-order valence-electron chi connectivity index (χ0n) is 14.1. The van der Waals surface area contributed by atoms with Crippen LogP contribution in [0.2, 0.25) is 0 Å². The van der Waals surface area contributed by atoms with Gasteiger partial charge in [0.25, 0.3) is 0 Å². The lowest BCUT2D eigenvalue weighted by atomic mass is 10.0. The molecule has 0 amide bonds.